The first-order valence-electron chi connectivity index (χ1n) is 9.57. The number of amides is 1. The molecule has 1 amide bonds. The topological polar surface area (TPSA) is 92.9 Å². The van der Waals surface area contributed by atoms with Crippen molar-refractivity contribution < 1.29 is 19.4 Å². The van der Waals surface area contributed by atoms with Gasteiger partial charge in [0.2, 0.25) is 0 Å². The van der Waals surface area contributed by atoms with Crippen molar-refractivity contribution in [2.24, 2.45) is 5.73 Å². The Labute approximate surface area is 176 Å². The number of nitrogens with zero attached hydrogens (tertiary/aromatic N) is 1. The second-order valence-electron chi connectivity index (χ2n) is 7.72. The van der Waals surface area contributed by atoms with E-state index in [2.05, 4.69) is 24.3 Å². The summed E-state index contributed by atoms with van der Waals surface area (Å²) < 4.78 is 5.66. The summed E-state index contributed by atoms with van der Waals surface area (Å²) in [6.07, 6.45) is 0.484. The molecule has 0 bridgehead atoms. The van der Waals surface area contributed by atoms with E-state index in [1.165, 1.54) is 22.3 Å². The fourth-order valence-electron chi connectivity index (χ4n) is 4.30. The van der Waals surface area contributed by atoms with Gasteiger partial charge in [-0.3, -0.25) is 4.79 Å². The first-order valence-corrected chi connectivity index (χ1v) is 9.57. The zero-order chi connectivity index (χ0) is 19.7. The number of aliphatic carboxylic acids is 1. The molecule has 1 fully saturated rings. The zero-order valence-electron chi connectivity index (χ0n) is 16.0. The van der Waals surface area contributed by atoms with Crippen LogP contribution in [0.2, 0.25) is 0 Å². The van der Waals surface area contributed by atoms with Crippen LogP contribution in [-0.4, -0.2) is 47.3 Å². The van der Waals surface area contributed by atoms with Gasteiger partial charge in [0.05, 0.1) is 6.42 Å². The molecule has 4 rings (SSSR count). The van der Waals surface area contributed by atoms with Gasteiger partial charge in [-0.15, -0.1) is 12.4 Å². The number of carboxylic acids is 1. The number of carboxylic acid groups (broad SMARTS) is 1. The van der Waals surface area contributed by atoms with Crippen LogP contribution in [0.15, 0.2) is 48.5 Å². The van der Waals surface area contributed by atoms with Crippen molar-refractivity contribution in [1.29, 1.82) is 0 Å². The summed E-state index contributed by atoms with van der Waals surface area (Å²) in [5.74, 6) is -0.876. The standard InChI is InChI=1S/C22H24N2O4.ClH/c23-22(13-20(25)26)9-11-24(12-10-22)21(27)28-14-19-17-7-3-1-5-15(17)16-6-2-4-8-18(16)19;/h1-8,19H,9-14,23H2,(H,25,26);1H. The van der Waals surface area contributed by atoms with Gasteiger partial charge < -0.3 is 20.5 Å². The molecule has 2 aliphatic rings. The predicted octanol–water partition coefficient (Wildman–Crippen LogP) is 3.63. The third-order valence-corrected chi connectivity index (χ3v) is 5.86. The summed E-state index contributed by atoms with van der Waals surface area (Å²) in [6, 6.07) is 16.4. The number of hydrogen-bond acceptors (Lipinski definition) is 4. The molecule has 1 heterocycles. The Morgan fingerprint density at radius 1 is 1.03 bits per heavy atom. The smallest absolute Gasteiger partial charge is 0.409 e. The minimum Gasteiger partial charge on any atom is -0.481 e. The van der Waals surface area contributed by atoms with Crippen LogP contribution in [0, 0.1) is 0 Å². The summed E-state index contributed by atoms with van der Waals surface area (Å²) in [4.78, 5) is 25.1. The maximum absolute atomic E-state index is 12.6. The van der Waals surface area contributed by atoms with Crippen molar-refractivity contribution in [3.63, 3.8) is 0 Å². The summed E-state index contributed by atoms with van der Waals surface area (Å²) in [5, 5.41) is 8.99. The van der Waals surface area contributed by atoms with Gasteiger partial charge in [-0.2, -0.15) is 0 Å². The largest absolute Gasteiger partial charge is 0.481 e. The number of ether oxygens (including phenoxy) is 1. The summed E-state index contributed by atoms with van der Waals surface area (Å²) in [5.41, 5.74) is 10.1. The molecule has 29 heavy (non-hydrogen) atoms. The number of piperidine rings is 1. The van der Waals surface area contributed by atoms with Gasteiger partial charge in [0.25, 0.3) is 0 Å². The highest BCUT2D eigenvalue weighted by atomic mass is 35.5. The molecular formula is C22H25ClN2O4. The first kappa shape index (κ1) is 21.1. The molecule has 2 aromatic carbocycles. The highest BCUT2D eigenvalue weighted by Crippen LogP contribution is 2.44. The molecule has 0 saturated carbocycles. The SMILES string of the molecule is Cl.NC1(CC(=O)O)CCN(C(=O)OCC2c3ccccc3-c3ccccc32)CC1. The Hall–Kier alpha value is -2.57. The number of hydrogen-bond donors (Lipinski definition) is 2. The van der Waals surface area contributed by atoms with Gasteiger partial charge in [-0.05, 0) is 35.1 Å². The van der Waals surface area contributed by atoms with E-state index in [1.807, 2.05) is 24.3 Å². The zero-order valence-corrected chi connectivity index (χ0v) is 16.9. The predicted molar refractivity (Wildman–Crippen MR) is 112 cm³/mol. The quantitative estimate of drug-likeness (QED) is 0.793. The number of likely N-dealkylation sites (tertiary alicyclic amines) is 1. The van der Waals surface area contributed by atoms with E-state index in [0.717, 1.165) is 0 Å². The van der Waals surface area contributed by atoms with Crippen molar-refractivity contribution in [2.45, 2.75) is 30.7 Å². The number of fused-ring (bicyclic) bond motifs is 3. The van der Waals surface area contributed by atoms with Gasteiger partial charge in [-0.25, -0.2) is 4.79 Å². The normalized spacial score (nSPS) is 17.1. The lowest BCUT2D eigenvalue weighted by Gasteiger charge is -2.37. The molecule has 1 aliphatic carbocycles. The Morgan fingerprint density at radius 3 is 2.07 bits per heavy atom. The van der Waals surface area contributed by atoms with E-state index in [-0.39, 0.29) is 37.4 Å². The fourth-order valence-corrected chi connectivity index (χ4v) is 4.30. The van der Waals surface area contributed by atoms with Crippen molar-refractivity contribution in [3.05, 3.63) is 59.7 Å². The highest BCUT2D eigenvalue weighted by Gasteiger charge is 2.35. The van der Waals surface area contributed by atoms with Crippen molar-refractivity contribution in [1.82, 2.24) is 4.90 Å². The molecule has 1 saturated heterocycles. The Balaban J connectivity index is 0.00000240. The van der Waals surface area contributed by atoms with Crippen LogP contribution < -0.4 is 5.73 Å². The molecule has 0 radical (unpaired) electrons. The molecule has 3 N–H and O–H groups in total. The van der Waals surface area contributed by atoms with E-state index >= 15 is 0 Å². The number of benzene rings is 2. The second-order valence-corrected chi connectivity index (χ2v) is 7.72. The van der Waals surface area contributed by atoms with E-state index in [0.29, 0.717) is 25.9 Å². The van der Waals surface area contributed by atoms with Crippen LogP contribution in [-0.2, 0) is 9.53 Å². The minimum absolute atomic E-state index is 0. The number of carbonyl (C=O) groups excluding carboxylic acids is 1. The number of nitrogens with two attached hydrogens (primary N) is 1. The van der Waals surface area contributed by atoms with Crippen LogP contribution in [0.3, 0.4) is 0 Å². The molecule has 0 aromatic heterocycles. The summed E-state index contributed by atoms with van der Waals surface area (Å²) >= 11 is 0. The first-order chi connectivity index (χ1) is 13.5. The fraction of sp³-hybridized carbons (Fsp3) is 0.364. The maximum atomic E-state index is 12.6. The van der Waals surface area contributed by atoms with Crippen LogP contribution in [0.1, 0.15) is 36.3 Å². The maximum Gasteiger partial charge on any atom is 0.409 e. The van der Waals surface area contributed by atoms with Crippen molar-refractivity contribution in [3.8, 4) is 11.1 Å². The van der Waals surface area contributed by atoms with Crippen LogP contribution in [0.5, 0.6) is 0 Å². The molecule has 0 unspecified atom stereocenters. The highest BCUT2D eigenvalue weighted by molar-refractivity contribution is 5.85. The monoisotopic (exact) mass is 416 g/mol. The Bertz CT molecular complexity index is 864. The van der Waals surface area contributed by atoms with E-state index in [4.69, 9.17) is 15.6 Å². The van der Waals surface area contributed by atoms with Crippen LogP contribution in [0.25, 0.3) is 11.1 Å². The lowest BCUT2D eigenvalue weighted by molar-refractivity contribution is -0.138. The number of carbonyl (C=O) groups is 2. The lowest BCUT2D eigenvalue weighted by Crippen LogP contribution is -2.52. The summed E-state index contributed by atoms with van der Waals surface area (Å²) in [7, 11) is 0. The average Bonchev–Trinajstić information content (AvgIpc) is 3.00. The molecule has 0 spiro atoms. The van der Waals surface area contributed by atoms with Gasteiger partial charge in [0.1, 0.15) is 6.61 Å². The van der Waals surface area contributed by atoms with Gasteiger partial charge in [0, 0.05) is 24.5 Å². The van der Waals surface area contributed by atoms with E-state index in [1.54, 1.807) is 4.90 Å². The molecule has 1 aliphatic heterocycles. The van der Waals surface area contributed by atoms with Gasteiger partial charge in [0.15, 0.2) is 0 Å². The van der Waals surface area contributed by atoms with Crippen molar-refractivity contribution in [2.75, 3.05) is 19.7 Å². The molecule has 154 valence electrons. The average molecular weight is 417 g/mol. The van der Waals surface area contributed by atoms with Crippen molar-refractivity contribution >= 4 is 24.5 Å². The van der Waals surface area contributed by atoms with Crippen LogP contribution in [0.4, 0.5) is 4.79 Å². The minimum atomic E-state index is -0.905. The molecule has 6 nitrogen and oxygen atoms in total. The molecule has 7 heteroatoms. The Morgan fingerprint density at radius 2 is 1.55 bits per heavy atom. The molecule has 2 aromatic rings. The third-order valence-electron chi connectivity index (χ3n) is 5.86. The van der Waals surface area contributed by atoms with E-state index in [9.17, 15) is 9.59 Å². The van der Waals surface area contributed by atoms with Gasteiger partial charge >= 0.3 is 12.1 Å². The second kappa shape index (κ2) is 8.43. The summed E-state index contributed by atoms with van der Waals surface area (Å²) in [6.45, 7) is 1.12. The van der Waals surface area contributed by atoms with Crippen LogP contribution >= 0.6 is 12.4 Å². The number of rotatable bonds is 4. The molecule has 0 atom stereocenters. The molecular weight excluding hydrogens is 392 g/mol. The third kappa shape index (κ3) is 4.23. The van der Waals surface area contributed by atoms with Gasteiger partial charge in [-0.1, -0.05) is 48.5 Å². The Kier molecular flexibility index (Phi) is 6.15. The number of halogens is 1. The van der Waals surface area contributed by atoms with E-state index < -0.39 is 11.5 Å². The lowest BCUT2D eigenvalue weighted by atomic mass is 9.86.